The number of nitrogens with one attached hydrogen (secondary N) is 1. The molecule has 1 N–H and O–H groups in total. The van der Waals surface area contributed by atoms with Crippen molar-refractivity contribution >= 4 is 39.8 Å². The summed E-state index contributed by atoms with van der Waals surface area (Å²) in [6, 6.07) is 5.21. The van der Waals surface area contributed by atoms with Crippen LogP contribution in [0, 0.1) is 13.8 Å². The van der Waals surface area contributed by atoms with E-state index in [-0.39, 0.29) is 5.91 Å². The number of halogens is 1. The number of hydrogen-bond acceptors (Lipinski definition) is 5. The zero-order chi connectivity index (χ0) is 19.4. The van der Waals surface area contributed by atoms with Crippen molar-refractivity contribution in [2.24, 2.45) is 0 Å². The van der Waals surface area contributed by atoms with Crippen LogP contribution in [0.15, 0.2) is 18.2 Å². The zero-order valence-electron chi connectivity index (χ0n) is 15.4. The summed E-state index contributed by atoms with van der Waals surface area (Å²) in [4.78, 5) is 25.7. The first kappa shape index (κ1) is 20.3. The number of benzene rings is 1. The average Bonchev–Trinajstić information content (AvgIpc) is 2.91. The molecule has 5 nitrogen and oxygen atoms in total. The number of rotatable bonds is 6. The van der Waals surface area contributed by atoms with Gasteiger partial charge in [-0.2, -0.15) is 0 Å². The minimum absolute atomic E-state index is 0.339. The van der Waals surface area contributed by atoms with Gasteiger partial charge in [0.15, 0.2) is 6.10 Å². The van der Waals surface area contributed by atoms with Crippen LogP contribution in [0.1, 0.15) is 40.2 Å². The molecule has 0 aliphatic rings. The molecule has 2 aromatic rings. The number of carbonyl (C=O) groups is 2. The van der Waals surface area contributed by atoms with Crippen molar-refractivity contribution in [3.63, 3.8) is 0 Å². The lowest BCUT2D eigenvalue weighted by molar-refractivity contribution is -0.122. The molecule has 0 saturated heterocycles. The number of hydrogen-bond donors (Lipinski definition) is 1. The van der Waals surface area contributed by atoms with Gasteiger partial charge in [-0.3, -0.25) is 4.79 Å². The van der Waals surface area contributed by atoms with Crippen LogP contribution in [0.25, 0.3) is 0 Å². The van der Waals surface area contributed by atoms with E-state index in [1.807, 2.05) is 20.8 Å². The number of amides is 1. The topological polar surface area (TPSA) is 64.6 Å². The number of ether oxygens (including phenoxy) is 2. The molecule has 140 valence electrons. The Morgan fingerprint density at radius 1 is 1.31 bits per heavy atom. The van der Waals surface area contributed by atoms with E-state index in [4.69, 9.17) is 21.1 Å². The van der Waals surface area contributed by atoms with Crippen molar-refractivity contribution in [3.05, 3.63) is 44.8 Å². The van der Waals surface area contributed by atoms with E-state index in [1.165, 1.54) is 18.4 Å². The largest absolute Gasteiger partial charge is 0.481 e. The van der Waals surface area contributed by atoms with E-state index in [1.54, 1.807) is 25.1 Å². The fourth-order valence-corrected chi connectivity index (χ4v) is 3.98. The van der Waals surface area contributed by atoms with Gasteiger partial charge in [-0.05, 0) is 56.5 Å². The first-order chi connectivity index (χ1) is 12.3. The number of methoxy groups -OCH3 is 1. The van der Waals surface area contributed by atoms with E-state index in [0.717, 1.165) is 16.0 Å². The van der Waals surface area contributed by atoms with Gasteiger partial charge in [0.1, 0.15) is 10.8 Å². The lowest BCUT2D eigenvalue weighted by Crippen LogP contribution is -2.30. The lowest BCUT2D eigenvalue weighted by Gasteiger charge is -2.16. The smallest absolute Gasteiger partial charge is 0.341 e. The van der Waals surface area contributed by atoms with Gasteiger partial charge in [-0.15, -0.1) is 11.3 Å². The van der Waals surface area contributed by atoms with Gasteiger partial charge >= 0.3 is 5.97 Å². The summed E-state index contributed by atoms with van der Waals surface area (Å²) >= 11 is 7.30. The molecule has 1 atom stereocenters. The molecule has 0 spiro atoms. The third kappa shape index (κ3) is 4.37. The van der Waals surface area contributed by atoms with Crippen molar-refractivity contribution < 1.29 is 19.1 Å². The quantitative estimate of drug-likeness (QED) is 0.715. The summed E-state index contributed by atoms with van der Waals surface area (Å²) in [5.41, 5.74) is 2.15. The highest BCUT2D eigenvalue weighted by Gasteiger charge is 2.25. The third-order valence-corrected chi connectivity index (χ3v) is 5.30. The summed E-state index contributed by atoms with van der Waals surface area (Å²) in [5.74, 6) is -0.209. The van der Waals surface area contributed by atoms with E-state index < -0.39 is 12.1 Å². The van der Waals surface area contributed by atoms with Crippen molar-refractivity contribution in [2.75, 3.05) is 12.4 Å². The van der Waals surface area contributed by atoms with E-state index in [9.17, 15) is 9.59 Å². The number of aryl methyl sites for hydroxylation is 2. The highest BCUT2D eigenvalue weighted by atomic mass is 35.5. The Labute approximate surface area is 162 Å². The molecule has 26 heavy (non-hydrogen) atoms. The lowest BCUT2D eigenvalue weighted by atomic mass is 10.1. The third-order valence-electron chi connectivity index (χ3n) is 4.00. The van der Waals surface area contributed by atoms with Gasteiger partial charge in [0, 0.05) is 9.90 Å². The maximum atomic E-state index is 12.6. The summed E-state index contributed by atoms with van der Waals surface area (Å²) in [6.45, 7) is 7.39. The Hall–Kier alpha value is -2.05. The summed E-state index contributed by atoms with van der Waals surface area (Å²) in [7, 11) is 1.33. The molecule has 1 aromatic heterocycles. The van der Waals surface area contributed by atoms with Gasteiger partial charge in [-0.25, -0.2) is 4.79 Å². The van der Waals surface area contributed by atoms with Gasteiger partial charge in [0.2, 0.25) is 0 Å². The van der Waals surface area contributed by atoms with Crippen molar-refractivity contribution in [3.8, 4) is 5.75 Å². The van der Waals surface area contributed by atoms with Crippen LogP contribution in [0.3, 0.4) is 0 Å². The normalized spacial score (nSPS) is 11.8. The van der Waals surface area contributed by atoms with Gasteiger partial charge in [0.05, 0.1) is 12.7 Å². The van der Waals surface area contributed by atoms with E-state index in [0.29, 0.717) is 27.8 Å². The SMILES string of the molecule is CCc1c(C)sc(NC(=O)[C@H](C)Oc2ccc(Cl)cc2C)c1C(=O)OC. The van der Waals surface area contributed by atoms with Crippen LogP contribution < -0.4 is 10.1 Å². The van der Waals surface area contributed by atoms with Crippen LogP contribution in [0.5, 0.6) is 5.75 Å². The second-order valence-electron chi connectivity index (χ2n) is 5.85. The molecule has 0 aliphatic heterocycles. The maximum Gasteiger partial charge on any atom is 0.341 e. The predicted octanol–water partition coefficient (Wildman–Crippen LogP) is 4.77. The average molecular weight is 396 g/mol. The molecule has 2 rings (SSSR count). The fraction of sp³-hybridized carbons (Fsp3) is 0.368. The van der Waals surface area contributed by atoms with Gasteiger partial charge in [0.25, 0.3) is 5.91 Å². The molecule has 0 radical (unpaired) electrons. The van der Waals surface area contributed by atoms with E-state index >= 15 is 0 Å². The van der Waals surface area contributed by atoms with E-state index in [2.05, 4.69) is 5.32 Å². The van der Waals surface area contributed by atoms with Crippen molar-refractivity contribution in [1.82, 2.24) is 0 Å². The summed E-state index contributed by atoms with van der Waals surface area (Å²) in [6.07, 6.45) is -0.0635. The first-order valence-corrected chi connectivity index (χ1v) is 9.42. The Balaban J connectivity index is 2.20. The van der Waals surface area contributed by atoms with Crippen LogP contribution in [-0.4, -0.2) is 25.1 Å². The molecule has 0 bridgehead atoms. The molecule has 0 fully saturated rings. The Kier molecular flexibility index (Phi) is 6.67. The van der Waals surface area contributed by atoms with Gasteiger partial charge < -0.3 is 14.8 Å². The van der Waals surface area contributed by atoms with Crippen LogP contribution in [0.2, 0.25) is 5.02 Å². The maximum absolute atomic E-state index is 12.6. The molecular weight excluding hydrogens is 374 g/mol. The van der Waals surface area contributed by atoms with Crippen LogP contribution in [0.4, 0.5) is 5.00 Å². The van der Waals surface area contributed by atoms with Crippen LogP contribution >= 0.6 is 22.9 Å². The molecule has 0 unspecified atom stereocenters. The molecule has 0 aliphatic carbocycles. The Bertz CT molecular complexity index is 831. The molecule has 7 heteroatoms. The standard InChI is InChI=1S/C19H22ClNO4S/c1-6-14-12(4)26-18(16(14)19(23)24-5)21-17(22)11(3)25-15-8-7-13(20)9-10(15)2/h7-9,11H,6H2,1-5H3,(H,21,22)/t11-/m0/s1. The number of carbonyl (C=O) groups excluding carboxylic acids is 2. The minimum Gasteiger partial charge on any atom is -0.481 e. The number of anilines is 1. The molecule has 0 saturated carbocycles. The monoisotopic (exact) mass is 395 g/mol. The second-order valence-corrected chi connectivity index (χ2v) is 7.51. The minimum atomic E-state index is -0.743. The second kappa shape index (κ2) is 8.56. The fourth-order valence-electron chi connectivity index (χ4n) is 2.61. The summed E-state index contributed by atoms with van der Waals surface area (Å²) < 4.78 is 10.6. The zero-order valence-corrected chi connectivity index (χ0v) is 17.0. The molecule has 1 aromatic carbocycles. The number of thiophene rings is 1. The molecule has 1 amide bonds. The molecule has 1 heterocycles. The van der Waals surface area contributed by atoms with Crippen LogP contribution in [-0.2, 0) is 16.0 Å². The Morgan fingerprint density at radius 3 is 2.58 bits per heavy atom. The first-order valence-electron chi connectivity index (χ1n) is 8.22. The predicted molar refractivity (Wildman–Crippen MR) is 105 cm³/mol. The summed E-state index contributed by atoms with van der Waals surface area (Å²) in [5, 5.41) is 3.89. The van der Waals surface area contributed by atoms with Crippen molar-refractivity contribution in [1.29, 1.82) is 0 Å². The Morgan fingerprint density at radius 2 is 2.00 bits per heavy atom. The van der Waals surface area contributed by atoms with Gasteiger partial charge in [-0.1, -0.05) is 18.5 Å². The molecular formula is C19H22ClNO4S. The highest BCUT2D eigenvalue weighted by Crippen LogP contribution is 2.34. The number of esters is 1. The van der Waals surface area contributed by atoms with Crippen molar-refractivity contribution in [2.45, 2.75) is 40.2 Å². The highest BCUT2D eigenvalue weighted by molar-refractivity contribution is 7.16.